The van der Waals surface area contributed by atoms with Gasteiger partial charge in [-0.1, -0.05) is 13.8 Å². The zero-order chi connectivity index (χ0) is 9.42. The molecule has 0 amide bonds. The second-order valence-electron chi connectivity index (χ2n) is 4.49. The van der Waals surface area contributed by atoms with Gasteiger partial charge in [0.15, 0.2) is 0 Å². The number of aromatic nitrogens is 2. The van der Waals surface area contributed by atoms with Crippen LogP contribution >= 0.6 is 0 Å². The highest BCUT2D eigenvalue weighted by Gasteiger charge is 2.23. The van der Waals surface area contributed by atoms with E-state index in [1.54, 1.807) is 0 Å². The number of nitrogens with zero attached hydrogens (tertiary/aromatic N) is 2. The molecule has 72 valence electrons. The van der Waals surface area contributed by atoms with Gasteiger partial charge >= 0.3 is 0 Å². The third-order valence-electron chi connectivity index (χ3n) is 2.75. The topological polar surface area (TPSA) is 17.8 Å². The van der Waals surface area contributed by atoms with Crippen LogP contribution < -0.4 is 0 Å². The minimum Gasteiger partial charge on any atom is -0.269 e. The van der Waals surface area contributed by atoms with E-state index < -0.39 is 0 Å². The Balaban J connectivity index is 2.22. The van der Waals surface area contributed by atoms with Crippen LogP contribution in [0, 0.1) is 12.8 Å². The van der Waals surface area contributed by atoms with Crippen LogP contribution in [0.2, 0.25) is 0 Å². The zero-order valence-electron chi connectivity index (χ0n) is 8.75. The molecule has 0 unspecified atom stereocenters. The Morgan fingerprint density at radius 1 is 1.54 bits per heavy atom. The van der Waals surface area contributed by atoms with Crippen molar-refractivity contribution >= 4 is 0 Å². The molecular formula is C11H18N2. The summed E-state index contributed by atoms with van der Waals surface area (Å²) in [4.78, 5) is 0. The van der Waals surface area contributed by atoms with Crippen LogP contribution in [0.15, 0.2) is 6.20 Å². The van der Waals surface area contributed by atoms with Crippen LogP contribution in [-0.2, 0) is 6.54 Å². The van der Waals surface area contributed by atoms with Crippen molar-refractivity contribution in [3.63, 3.8) is 0 Å². The average Bonchev–Trinajstić information content (AvgIpc) is 2.76. The van der Waals surface area contributed by atoms with E-state index in [-0.39, 0.29) is 0 Å². The fraction of sp³-hybridized carbons (Fsp3) is 0.727. The minimum absolute atomic E-state index is 0.598. The Hall–Kier alpha value is -0.790. The summed E-state index contributed by atoms with van der Waals surface area (Å²) in [6, 6.07) is 0. The van der Waals surface area contributed by atoms with Crippen molar-refractivity contribution in [2.24, 2.45) is 5.92 Å². The molecule has 1 aliphatic rings. The van der Waals surface area contributed by atoms with Gasteiger partial charge in [0, 0.05) is 12.2 Å². The van der Waals surface area contributed by atoms with Crippen molar-refractivity contribution in [2.75, 3.05) is 0 Å². The van der Waals surface area contributed by atoms with Crippen LogP contribution in [0.3, 0.4) is 0 Å². The smallest absolute Gasteiger partial charge is 0.0521 e. The SMILES string of the molecule is Cc1cnn(CC2CC2)c1C(C)C. The van der Waals surface area contributed by atoms with E-state index in [1.807, 2.05) is 6.20 Å². The van der Waals surface area contributed by atoms with E-state index in [2.05, 4.69) is 30.6 Å². The van der Waals surface area contributed by atoms with Gasteiger partial charge in [-0.2, -0.15) is 5.10 Å². The molecule has 0 N–H and O–H groups in total. The van der Waals surface area contributed by atoms with Crippen molar-refractivity contribution in [1.29, 1.82) is 0 Å². The van der Waals surface area contributed by atoms with E-state index in [0.717, 1.165) is 12.5 Å². The Morgan fingerprint density at radius 2 is 2.23 bits per heavy atom. The van der Waals surface area contributed by atoms with Crippen LogP contribution in [0.5, 0.6) is 0 Å². The molecule has 1 heterocycles. The minimum atomic E-state index is 0.598. The highest BCUT2D eigenvalue weighted by Crippen LogP contribution is 2.32. The molecule has 13 heavy (non-hydrogen) atoms. The summed E-state index contributed by atoms with van der Waals surface area (Å²) < 4.78 is 2.21. The summed E-state index contributed by atoms with van der Waals surface area (Å²) in [5.74, 6) is 1.51. The molecule has 2 heteroatoms. The molecule has 0 aromatic carbocycles. The third-order valence-corrected chi connectivity index (χ3v) is 2.75. The lowest BCUT2D eigenvalue weighted by molar-refractivity contribution is 0.526. The molecular weight excluding hydrogens is 160 g/mol. The fourth-order valence-corrected chi connectivity index (χ4v) is 1.93. The van der Waals surface area contributed by atoms with Gasteiger partial charge in [-0.25, -0.2) is 0 Å². The number of hydrogen-bond acceptors (Lipinski definition) is 1. The number of hydrogen-bond donors (Lipinski definition) is 0. The van der Waals surface area contributed by atoms with Crippen molar-refractivity contribution in [1.82, 2.24) is 9.78 Å². The van der Waals surface area contributed by atoms with Gasteiger partial charge in [0.1, 0.15) is 0 Å². The summed E-state index contributed by atoms with van der Waals surface area (Å²) >= 11 is 0. The molecule has 0 radical (unpaired) electrons. The maximum absolute atomic E-state index is 4.43. The van der Waals surface area contributed by atoms with Crippen molar-refractivity contribution < 1.29 is 0 Å². The van der Waals surface area contributed by atoms with E-state index in [4.69, 9.17) is 0 Å². The first-order valence-electron chi connectivity index (χ1n) is 5.20. The first-order valence-corrected chi connectivity index (χ1v) is 5.20. The monoisotopic (exact) mass is 178 g/mol. The van der Waals surface area contributed by atoms with E-state index >= 15 is 0 Å². The third kappa shape index (κ3) is 1.77. The lowest BCUT2D eigenvalue weighted by atomic mass is 10.1. The predicted octanol–water partition coefficient (Wildman–Crippen LogP) is 2.72. The zero-order valence-corrected chi connectivity index (χ0v) is 8.75. The average molecular weight is 178 g/mol. The van der Waals surface area contributed by atoms with Gasteiger partial charge in [0.05, 0.1) is 6.20 Å². The lowest BCUT2D eigenvalue weighted by Crippen LogP contribution is -2.08. The molecule has 1 aliphatic carbocycles. The Bertz CT molecular complexity index is 295. The second kappa shape index (κ2) is 3.17. The largest absolute Gasteiger partial charge is 0.269 e. The normalized spacial score (nSPS) is 16.9. The van der Waals surface area contributed by atoms with Crippen molar-refractivity contribution in [3.8, 4) is 0 Å². The molecule has 2 rings (SSSR count). The summed E-state index contributed by atoms with van der Waals surface area (Å²) in [7, 11) is 0. The van der Waals surface area contributed by atoms with E-state index in [9.17, 15) is 0 Å². The maximum Gasteiger partial charge on any atom is 0.0521 e. The fourth-order valence-electron chi connectivity index (χ4n) is 1.93. The van der Waals surface area contributed by atoms with Crippen molar-refractivity contribution in [2.45, 2.75) is 46.1 Å². The molecule has 0 aliphatic heterocycles. The van der Waals surface area contributed by atoms with E-state index in [0.29, 0.717) is 5.92 Å². The molecule has 0 saturated heterocycles. The van der Waals surface area contributed by atoms with Gasteiger partial charge in [0.25, 0.3) is 0 Å². The van der Waals surface area contributed by atoms with Crippen LogP contribution in [-0.4, -0.2) is 9.78 Å². The summed E-state index contributed by atoms with van der Waals surface area (Å²) in [6.07, 6.45) is 4.80. The molecule has 0 bridgehead atoms. The highest BCUT2D eigenvalue weighted by molar-refractivity contribution is 5.19. The van der Waals surface area contributed by atoms with Crippen LogP contribution in [0.4, 0.5) is 0 Å². The molecule has 1 aromatic heterocycles. The van der Waals surface area contributed by atoms with Crippen LogP contribution in [0.1, 0.15) is 43.9 Å². The quantitative estimate of drug-likeness (QED) is 0.696. The number of aryl methyl sites for hydroxylation is 1. The molecule has 2 nitrogen and oxygen atoms in total. The summed E-state index contributed by atoms with van der Waals surface area (Å²) in [5.41, 5.74) is 2.77. The Kier molecular flexibility index (Phi) is 2.14. The maximum atomic E-state index is 4.43. The van der Waals surface area contributed by atoms with Crippen molar-refractivity contribution in [3.05, 3.63) is 17.5 Å². The summed E-state index contributed by atoms with van der Waals surface area (Å²) in [6.45, 7) is 7.79. The first kappa shape index (κ1) is 8.79. The Labute approximate surface area is 80.0 Å². The summed E-state index contributed by atoms with van der Waals surface area (Å²) in [5, 5.41) is 4.43. The van der Waals surface area contributed by atoms with Gasteiger partial charge in [-0.05, 0) is 37.2 Å². The first-order chi connectivity index (χ1) is 6.18. The molecule has 0 atom stereocenters. The highest BCUT2D eigenvalue weighted by atomic mass is 15.3. The molecule has 1 aromatic rings. The predicted molar refractivity (Wildman–Crippen MR) is 53.8 cm³/mol. The molecule has 0 spiro atoms. The standard InChI is InChI=1S/C11H18N2/c1-8(2)11-9(3)6-12-13(11)7-10-4-5-10/h6,8,10H,4-5,7H2,1-3H3. The number of rotatable bonds is 3. The molecule has 1 saturated carbocycles. The van der Waals surface area contributed by atoms with Gasteiger partial charge < -0.3 is 0 Å². The molecule has 1 fully saturated rings. The lowest BCUT2D eigenvalue weighted by Gasteiger charge is -2.10. The second-order valence-corrected chi connectivity index (χ2v) is 4.49. The van der Waals surface area contributed by atoms with E-state index in [1.165, 1.54) is 24.1 Å². The van der Waals surface area contributed by atoms with Gasteiger partial charge in [-0.3, -0.25) is 4.68 Å². The van der Waals surface area contributed by atoms with Gasteiger partial charge in [-0.15, -0.1) is 0 Å². The van der Waals surface area contributed by atoms with Gasteiger partial charge in [0.2, 0.25) is 0 Å². The Morgan fingerprint density at radius 3 is 2.77 bits per heavy atom. The van der Waals surface area contributed by atoms with Crippen LogP contribution in [0.25, 0.3) is 0 Å².